The van der Waals surface area contributed by atoms with Gasteiger partial charge in [0.05, 0.1) is 0 Å². The summed E-state index contributed by atoms with van der Waals surface area (Å²) in [7, 11) is 0. The molecule has 0 atom stereocenters. The normalized spacial score (nSPS) is 15.4. The lowest BCUT2D eigenvalue weighted by Gasteiger charge is -2.34. The van der Waals surface area contributed by atoms with Crippen LogP contribution in [0.5, 0.6) is 0 Å². The van der Waals surface area contributed by atoms with Gasteiger partial charge in [0.15, 0.2) is 5.82 Å². The molecule has 0 bridgehead atoms. The summed E-state index contributed by atoms with van der Waals surface area (Å²) >= 11 is 5.88. The number of nitrogens with one attached hydrogen (secondary N) is 2. The first kappa shape index (κ1) is 19.9. The van der Waals surface area contributed by atoms with Crippen LogP contribution in [0.4, 0.5) is 24.7 Å². The first-order valence-electron chi connectivity index (χ1n) is 8.25. The highest BCUT2D eigenvalue weighted by atomic mass is 35.5. The van der Waals surface area contributed by atoms with E-state index in [1.165, 1.54) is 0 Å². The maximum absolute atomic E-state index is 12.2. The first-order valence-corrected chi connectivity index (χ1v) is 8.63. The minimum absolute atomic E-state index is 0.0649. The molecule has 1 aliphatic rings. The van der Waals surface area contributed by atoms with Gasteiger partial charge in [0.1, 0.15) is 0 Å². The molecule has 2 N–H and O–H groups in total. The summed E-state index contributed by atoms with van der Waals surface area (Å²) in [6.45, 7) is 1.42. The molecule has 1 aromatic carbocycles. The van der Waals surface area contributed by atoms with Crippen LogP contribution in [-0.4, -0.2) is 52.7 Å². The first-order chi connectivity index (χ1) is 13.2. The zero-order valence-electron chi connectivity index (χ0n) is 14.3. The number of carbonyl (C=O) groups is 2. The molecular weight excluding hydrogens is 403 g/mol. The van der Waals surface area contributed by atoms with E-state index in [0.29, 0.717) is 31.0 Å². The van der Waals surface area contributed by atoms with Crippen molar-refractivity contribution in [3.8, 4) is 0 Å². The van der Waals surface area contributed by atoms with Crippen LogP contribution < -0.4 is 10.2 Å². The number of benzene rings is 1. The summed E-state index contributed by atoms with van der Waals surface area (Å²) in [4.78, 5) is 24.7. The molecule has 1 aliphatic heterocycles. The van der Waals surface area contributed by atoms with E-state index in [9.17, 15) is 22.8 Å². The third-order valence-electron chi connectivity index (χ3n) is 4.19. The van der Waals surface area contributed by atoms with Crippen molar-refractivity contribution in [1.29, 1.82) is 0 Å². The van der Waals surface area contributed by atoms with Crippen LogP contribution >= 0.6 is 11.6 Å². The smallest absolute Gasteiger partial charge is 0.381 e. The average Bonchev–Trinajstić information content (AvgIpc) is 3.10. The van der Waals surface area contributed by atoms with Crippen LogP contribution in [0.3, 0.4) is 0 Å². The largest absolute Gasteiger partial charge is 0.491 e. The molecule has 1 aromatic heterocycles. The van der Waals surface area contributed by atoms with Gasteiger partial charge in [-0.05, 0) is 37.1 Å². The molecule has 1 fully saturated rings. The SMILES string of the molecule is O=C(OC(=O)C(F)(F)F)c1n[nH]nc1NC1CCN(c2ccc(Cl)cc2)CC1. The van der Waals surface area contributed by atoms with Crippen LogP contribution in [0.1, 0.15) is 23.3 Å². The summed E-state index contributed by atoms with van der Waals surface area (Å²) in [6, 6.07) is 7.35. The van der Waals surface area contributed by atoms with Crippen LogP contribution in [0.25, 0.3) is 0 Å². The fourth-order valence-corrected chi connectivity index (χ4v) is 2.92. The maximum atomic E-state index is 12.2. The number of piperidine rings is 1. The molecular formula is C16H15ClF3N5O3. The van der Waals surface area contributed by atoms with Gasteiger partial charge in [-0.15, -0.1) is 10.2 Å². The number of alkyl halides is 3. The highest BCUT2D eigenvalue weighted by molar-refractivity contribution is 6.30. The Bertz CT molecular complexity index is 848. The Morgan fingerprint density at radius 3 is 2.43 bits per heavy atom. The molecule has 3 rings (SSSR count). The monoisotopic (exact) mass is 417 g/mol. The standard InChI is InChI=1S/C16H15ClF3N5O3/c17-9-1-3-11(4-2-9)25-7-5-10(6-8-25)21-13-12(22-24-23-13)14(26)28-15(27)16(18,19)20/h1-4,10H,5-8H2,(H2,21,22,23,24). The number of esters is 2. The Balaban J connectivity index is 1.57. The van der Waals surface area contributed by atoms with E-state index < -0.39 is 23.8 Å². The zero-order chi connectivity index (χ0) is 20.3. The van der Waals surface area contributed by atoms with Gasteiger partial charge in [-0.25, -0.2) is 9.59 Å². The van der Waals surface area contributed by atoms with E-state index >= 15 is 0 Å². The second-order valence-corrected chi connectivity index (χ2v) is 6.51. The Hall–Kier alpha value is -2.82. The van der Waals surface area contributed by atoms with Gasteiger partial charge in [0.2, 0.25) is 5.69 Å². The number of hydrogen-bond acceptors (Lipinski definition) is 7. The number of aromatic nitrogens is 3. The van der Waals surface area contributed by atoms with Crippen LogP contribution in [0.15, 0.2) is 24.3 Å². The van der Waals surface area contributed by atoms with Crippen molar-refractivity contribution in [2.24, 2.45) is 0 Å². The molecule has 0 amide bonds. The van der Waals surface area contributed by atoms with Crippen molar-refractivity contribution in [2.75, 3.05) is 23.3 Å². The number of ether oxygens (including phenoxy) is 1. The number of rotatable bonds is 4. The number of hydrogen-bond donors (Lipinski definition) is 2. The van der Waals surface area contributed by atoms with Gasteiger partial charge in [-0.3, -0.25) is 0 Å². The summed E-state index contributed by atoms with van der Waals surface area (Å²) < 4.78 is 40.5. The van der Waals surface area contributed by atoms with Crippen LogP contribution in [0, 0.1) is 0 Å². The lowest BCUT2D eigenvalue weighted by molar-refractivity contribution is -0.193. The maximum Gasteiger partial charge on any atom is 0.491 e. The highest BCUT2D eigenvalue weighted by Crippen LogP contribution is 2.24. The fourth-order valence-electron chi connectivity index (χ4n) is 2.79. The number of aromatic amines is 1. The summed E-state index contributed by atoms with van der Waals surface area (Å²) in [5, 5.41) is 12.9. The Kier molecular flexibility index (Phi) is 5.73. The molecule has 0 aliphatic carbocycles. The Labute approximate surface area is 162 Å². The van der Waals surface area contributed by atoms with E-state index in [2.05, 4.69) is 30.4 Å². The molecule has 0 spiro atoms. The molecule has 12 heteroatoms. The molecule has 8 nitrogen and oxygen atoms in total. The van der Waals surface area contributed by atoms with Gasteiger partial charge in [0, 0.05) is 29.8 Å². The minimum Gasteiger partial charge on any atom is -0.381 e. The van der Waals surface area contributed by atoms with Gasteiger partial charge in [-0.1, -0.05) is 11.6 Å². The van der Waals surface area contributed by atoms with Crippen LogP contribution in [-0.2, 0) is 9.53 Å². The second kappa shape index (κ2) is 8.05. The predicted octanol–water partition coefficient (Wildman–Crippen LogP) is 2.78. The van der Waals surface area contributed by atoms with Crippen molar-refractivity contribution >= 4 is 35.0 Å². The molecule has 28 heavy (non-hydrogen) atoms. The van der Waals surface area contributed by atoms with Crippen molar-refractivity contribution < 1.29 is 27.5 Å². The number of anilines is 2. The van der Waals surface area contributed by atoms with Gasteiger partial charge in [0.25, 0.3) is 0 Å². The molecule has 0 radical (unpaired) electrons. The van der Waals surface area contributed by atoms with E-state index in [0.717, 1.165) is 5.69 Å². The molecule has 0 unspecified atom stereocenters. The van der Waals surface area contributed by atoms with Crippen molar-refractivity contribution in [3.05, 3.63) is 35.0 Å². The average molecular weight is 418 g/mol. The van der Waals surface area contributed by atoms with Gasteiger partial charge < -0.3 is 15.0 Å². The molecule has 2 heterocycles. The minimum atomic E-state index is -5.28. The highest BCUT2D eigenvalue weighted by Gasteiger charge is 2.43. The summed E-state index contributed by atoms with van der Waals surface area (Å²) in [5.41, 5.74) is 0.511. The topological polar surface area (TPSA) is 100 Å². The van der Waals surface area contributed by atoms with E-state index in [1.54, 1.807) is 12.1 Å². The molecule has 0 saturated carbocycles. The number of carbonyl (C=O) groups excluding carboxylic acids is 2. The lowest BCUT2D eigenvalue weighted by Crippen LogP contribution is -2.39. The molecule has 1 saturated heterocycles. The van der Waals surface area contributed by atoms with Crippen molar-refractivity contribution in [1.82, 2.24) is 15.4 Å². The quantitative estimate of drug-likeness (QED) is 0.582. The van der Waals surface area contributed by atoms with E-state index in [4.69, 9.17) is 11.6 Å². The number of halogens is 4. The van der Waals surface area contributed by atoms with E-state index in [1.807, 2.05) is 12.1 Å². The van der Waals surface area contributed by atoms with Gasteiger partial charge >= 0.3 is 18.1 Å². The predicted molar refractivity (Wildman–Crippen MR) is 93.2 cm³/mol. The second-order valence-electron chi connectivity index (χ2n) is 6.08. The molecule has 2 aromatic rings. The zero-order valence-corrected chi connectivity index (χ0v) is 15.0. The number of H-pyrrole nitrogens is 1. The van der Waals surface area contributed by atoms with Crippen molar-refractivity contribution in [2.45, 2.75) is 25.1 Å². The van der Waals surface area contributed by atoms with Crippen molar-refractivity contribution in [3.63, 3.8) is 0 Å². The lowest BCUT2D eigenvalue weighted by atomic mass is 10.0. The van der Waals surface area contributed by atoms with Crippen LogP contribution in [0.2, 0.25) is 5.02 Å². The summed E-state index contributed by atoms with van der Waals surface area (Å²) in [5.74, 6) is -4.20. The van der Waals surface area contributed by atoms with Gasteiger partial charge in [-0.2, -0.15) is 18.4 Å². The fraction of sp³-hybridized carbons (Fsp3) is 0.375. The number of nitrogens with zero attached hydrogens (tertiary/aromatic N) is 3. The summed E-state index contributed by atoms with van der Waals surface area (Å²) in [6.07, 6.45) is -3.90. The third kappa shape index (κ3) is 4.71. The Morgan fingerprint density at radius 1 is 1.18 bits per heavy atom. The molecule has 150 valence electrons. The van der Waals surface area contributed by atoms with E-state index in [-0.39, 0.29) is 11.9 Å². The third-order valence-corrected chi connectivity index (χ3v) is 4.44. The Morgan fingerprint density at radius 2 is 1.82 bits per heavy atom.